The van der Waals surface area contributed by atoms with Gasteiger partial charge in [-0.25, -0.2) is 0 Å². The van der Waals surface area contributed by atoms with Crippen LogP contribution in [0.5, 0.6) is 0 Å². The Labute approximate surface area is 91.7 Å². The van der Waals surface area contributed by atoms with Crippen molar-refractivity contribution in [2.75, 3.05) is 0 Å². The summed E-state index contributed by atoms with van der Waals surface area (Å²) in [4.78, 5) is 23.5. The average Bonchev–Trinajstić information content (AvgIpc) is 2.09. The lowest BCUT2D eigenvalue weighted by atomic mass is 9.80. The number of Topliss-reactive ketones (excluding diaryl/α,β-unsaturated/α-hetero) is 2. The Bertz CT molecular complexity index is 280. The molecule has 1 fully saturated rings. The van der Waals surface area contributed by atoms with Gasteiger partial charge in [0.25, 0.3) is 0 Å². The second-order valence-electron chi connectivity index (χ2n) is 4.64. The number of hydrogen-bond donors (Lipinski definition) is 0. The van der Waals surface area contributed by atoms with Gasteiger partial charge in [-0.2, -0.15) is 0 Å². The molecule has 0 N–H and O–H groups in total. The molecule has 1 saturated carbocycles. The molecule has 0 unspecified atom stereocenters. The van der Waals surface area contributed by atoms with Crippen LogP contribution in [0.2, 0.25) is 0 Å². The van der Waals surface area contributed by atoms with E-state index in [9.17, 15) is 9.59 Å². The summed E-state index contributed by atoms with van der Waals surface area (Å²) in [5.41, 5.74) is 1.45. The standard InChI is InChI=1S/C13H19O2/c1-8(2)12(9(3)4)13-10(14)6-5-7-11(13)15/h8H,5-7H2,1-4H3. The summed E-state index contributed by atoms with van der Waals surface area (Å²) in [6.07, 6.45) is 1.78. The predicted molar refractivity (Wildman–Crippen MR) is 60.3 cm³/mol. The SMILES string of the molecule is C[C](C)C(=C1C(=O)CCCC1=O)C(C)C. The highest BCUT2D eigenvalue weighted by atomic mass is 16.1. The molecule has 83 valence electrons. The van der Waals surface area contributed by atoms with Gasteiger partial charge in [0.05, 0.1) is 5.57 Å². The van der Waals surface area contributed by atoms with Gasteiger partial charge in [-0.15, -0.1) is 0 Å². The van der Waals surface area contributed by atoms with E-state index in [-0.39, 0.29) is 17.5 Å². The summed E-state index contributed by atoms with van der Waals surface area (Å²) in [6.45, 7) is 8.00. The lowest BCUT2D eigenvalue weighted by molar-refractivity contribution is -0.123. The van der Waals surface area contributed by atoms with Crippen molar-refractivity contribution in [3.8, 4) is 0 Å². The van der Waals surface area contributed by atoms with Crippen LogP contribution in [0.4, 0.5) is 0 Å². The van der Waals surface area contributed by atoms with Gasteiger partial charge in [0.15, 0.2) is 11.6 Å². The van der Waals surface area contributed by atoms with Crippen molar-refractivity contribution in [1.29, 1.82) is 0 Å². The highest BCUT2D eigenvalue weighted by molar-refractivity contribution is 6.22. The molecular weight excluding hydrogens is 188 g/mol. The molecule has 1 radical (unpaired) electrons. The van der Waals surface area contributed by atoms with E-state index in [1.165, 1.54) is 0 Å². The summed E-state index contributed by atoms with van der Waals surface area (Å²) in [5.74, 6) is 1.41. The number of carbonyl (C=O) groups excluding carboxylic acids is 2. The Morgan fingerprint density at radius 2 is 1.53 bits per heavy atom. The van der Waals surface area contributed by atoms with Crippen LogP contribution in [-0.4, -0.2) is 11.6 Å². The van der Waals surface area contributed by atoms with E-state index in [4.69, 9.17) is 0 Å². The average molecular weight is 207 g/mol. The van der Waals surface area contributed by atoms with E-state index in [0.29, 0.717) is 18.4 Å². The van der Waals surface area contributed by atoms with Crippen LogP contribution >= 0.6 is 0 Å². The smallest absolute Gasteiger partial charge is 0.166 e. The van der Waals surface area contributed by atoms with Crippen LogP contribution < -0.4 is 0 Å². The molecule has 2 nitrogen and oxygen atoms in total. The Balaban J connectivity index is 3.21. The second-order valence-corrected chi connectivity index (χ2v) is 4.64. The van der Waals surface area contributed by atoms with Crippen molar-refractivity contribution in [2.45, 2.75) is 47.0 Å². The molecule has 15 heavy (non-hydrogen) atoms. The Hall–Kier alpha value is -0.920. The van der Waals surface area contributed by atoms with Crippen LogP contribution in [0.15, 0.2) is 11.1 Å². The summed E-state index contributed by atoms with van der Waals surface area (Å²) >= 11 is 0. The molecule has 0 aromatic heterocycles. The summed E-state index contributed by atoms with van der Waals surface area (Å²) in [5, 5.41) is 0. The predicted octanol–water partition coefficient (Wildman–Crippen LogP) is 2.88. The van der Waals surface area contributed by atoms with Crippen LogP contribution in [0.3, 0.4) is 0 Å². The topological polar surface area (TPSA) is 34.1 Å². The molecular formula is C13H19O2. The molecule has 1 aliphatic rings. The van der Waals surface area contributed by atoms with Gasteiger partial charge in [-0.1, -0.05) is 27.7 Å². The fourth-order valence-corrected chi connectivity index (χ4v) is 2.23. The molecule has 0 aromatic carbocycles. The summed E-state index contributed by atoms with van der Waals surface area (Å²) in [7, 11) is 0. The van der Waals surface area contributed by atoms with E-state index < -0.39 is 0 Å². The van der Waals surface area contributed by atoms with Crippen LogP contribution in [0.1, 0.15) is 47.0 Å². The van der Waals surface area contributed by atoms with E-state index >= 15 is 0 Å². The van der Waals surface area contributed by atoms with E-state index in [0.717, 1.165) is 17.9 Å². The molecule has 1 rings (SSSR count). The quantitative estimate of drug-likeness (QED) is 0.515. The Morgan fingerprint density at radius 1 is 1.07 bits per heavy atom. The van der Waals surface area contributed by atoms with Crippen LogP contribution in [-0.2, 0) is 9.59 Å². The van der Waals surface area contributed by atoms with Crippen molar-refractivity contribution < 1.29 is 9.59 Å². The molecule has 0 aliphatic heterocycles. The van der Waals surface area contributed by atoms with Crippen molar-refractivity contribution in [1.82, 2.24) is 0 Å². The van der Waals surface area contributed by atoms with Gasteiger partial charge in [-0.3, -0.25) is 9.59 Å². The fourth-order valence-electron chi connectivity index (χ4n) is 2.23. The van der Waals surface area contributed by atoms with E-state index in [1.807, 2.05) is 27.7 Å². The normalized spacial score (nSPS) is 17.9. The van der Waals surface area contributed by atoms with E-state index in [1.54, 1.807) is 0 Å². The maximum absolute atomic E-state index is 11.8. The highest BCUT2D eigenvalue weighted by Crippen LogP contribution is 2.30. The third-order valence-corrected chi connectivity index (χ3v) is 2.75. The second kappa shape index (κ2) is 4.73. The van der Waals surface area contributed by atoms with Gasteiger partial charge in [0, 0.05) is 12.8 Å². The van der Waals surface area contributed by atoms with Crippen molar-refractivity contribution >= 4 is 11.6 Å². The molecule has 0 heterocycles. The number of rotatable bonds is 2. The lowest BCUT2D eigenvalue weighted by Gasteiger charge is -2.22. The Morgan fingerprint density at radius 3 is 1.87 bits per heavy atom. The zero-order valence-corrected chi connectivity index (χ0v) is 10.0. The monoisotopic (exact) mass is 207 g/mol. The molecule has 0 bridgehead atoms. The molecule has 0 amide bonds. The number of ketones is 2. The minimum Gasteiger partial charge on any atom is -0.294 e. The zero-order valence-electron chi connectivity index (χ0n) is 10.0. The Kier molecular flexibility index (Phi) is 3.83. The summed E-state index contributed by atoms with van der Waals surface area (Å²) in [6, 6.07) is 0. The highest BCUT2D eigenvalue weighted by Gasteiger charge is 2.28. The summed E-state index contributed by atoms with van der Waals surface area (Å²) < 4.78 is 0. The third-order valence-electron chi connectivity index (χ3n) is 2.75. The maximum Gasteiger partial charge on any atom is 0.166 e. The molecule has 0 aromatic rings. The first-order valence-electron chi connectivity index (χ1n) is 5.56. The van der Waals surface area contributed by atoms with Crippen LogP contribution in [0, 0.1) is 11.8 Å². The fraction of sp³-hybridized carbons (Fsp3) is 0.615. The van der Waals surface area contributed by atoms with Gasteiger partial charge in [0.1, 0.15) is 0 Å². The molecule has 1 aliphatic carbocycles. The third kappa shape index (κ3) is 2.55. The van der Waals surface area contributed by atoms with Crippen molar-refractivity contribution in [3.63, 3.8) is 0 Å². The first-order valence-corrected chi connectivity index (χ1v) is 5.56. The number of allylic oxidation sites excluding steroid dienone is 2. The molecule has 0 spiro atoms. The zero-order chi connectivity index (χ0) is 11.6. The van der Waals surface area contributed by atoms with Crippen LogP contribution in [0.25, 0.3) is 0 Å². The van der Waals surface area contributed by atoms with Crippen molar-refractivity contribution in [2.24, 2.45) is 5.92 Å². The number of carbonyl (C=O) groups is 2. The van der Waals surface area contributed by atoms with E-state index in [2.05, 4.69) is 0 Å². The number of hydrogen-bond acceptors (Lipinski definition) is 2. The molecule has 0 atom stereocenters. The van der Waals surface area contributed by atoms with Crippen molar-refractivity contribution in [3.05, 3.63) is 17.1 Å². The molecule has 2 heteroatoms. The minimum atomic E-state index is 0.0381. The van der Waals surface area contributed by atoms with Gasteiger partial charge >= 0.3 is 0 Å². The van der Waals surface area contributed by atoms with Gasteiger partial charge < -0.3 is 0 Å². The first kappa shape index (κ1) is 12.2. The largest absolute Gasteiger partial charge is 0.294 e. The lowest BCUT2D eigenvalue weighted by Crippen LogP contribution is -2.23. The van der Waals surface area contributed by atoms with Gasteiger partial charge in [0.2, 0.25) is 0 Å². The maximum atomic E-state index is 11.8. The van der Waals surface area contributed by atoms with Gasteiger partial charge in [-0.05, 0) is 23.8 Å². The first-order chi connectivity index (χ1) is 6.95. The molecule has 0 saturated heterocycles. The minimum absolute atomic E-state index is 0.0381.